The number of amides is 1. The van der Waals surface area contributed by atoms with Crippen LogP contribution in [-0.4, -0.2) is 39.1 Å². The predicted molar refractivity (Wildman–Crippen MR) is 42.8 cm³/mol. The Balaban J connectivity index is 2.70. The van der Waals surface area contributed by atoms with Crippen LogP contribution in [0.2, 0.25) is 0 Å². The first-order valence-electron chi connectivity index (χ1n) is 3.54. The minimum atomic E-state index is -1.03. The first-order valence-corrected chi connectivity index (χ1v) is 3.91. The molecule has 1 aliphatic rings. The average Bonchev–Trinajstić information content (AvgIpc) is 2.50. The summed E-state index contributed by atoms with van der Waals surface area (Å²) >= 11 is 5.51. The van der Waals surface area contributed by atoms with Crippen molar-refractivity contribution in [3.05, 3.63) is 0 Å². The lowest BCUT2D eigenvalue weighted by Crippen LogP contribution is -2.37. The molecular formula is C6H9ClN2O3. The lowest BCUT2D eigenvalue weighted by Gasteiger charge is -2.18. The fraction of sp³-hybridized carbons (Fsp3) is 0.667. The summed E-state index contributed by atoms with van der Waals surface area (Å²) in [4.78, 5) is 11.7. The van der Waals surface area contributed by atoms with Crippen LogP contribution in [0.25, 0.3) is 0 Å². The molecule has 0 aliphatic carbocycles. The van der Waals surface area contributed by atoms with E-state index in [1.165, 1.54) is 4.90 Å². The number of carboxylic acid groups (broad SMARTS) is 1. The van der Waals surface area contributed by atoms with Gasteiger partial charge in [-0.1, -0.05) is 16.8 Å². The maximum atomic E-state index is 10.6. The molecule has 1 heterocycles. The van der Waals surface area contributed by atoms with Gasteiger partial charge in [0.2, 0.25) is 0 Å². The van der Waals surface area contributed by atoms with Gasteiger partial charge >= 0.3 is 6.09 Å². The molecule has 68 valence electrons. The summed E-state index contributed by atoms with van der Waals surface area (Å²) in [6.45, 7) is 0.450. The van der Waals surface area contributed by atoms with Gasteiger partial charge in [0, 0.05) is 6.54 Å². The Morgan fingerprint density at radius 1 is 1.67 bits per heavy atom. The van der Waals surface area contributed by atoms with Crippen LogP contribution in [-0.2, 0) is 0 Å². The fourth-order valence-corrected chi connectivity index (χ4v) is 1.54. The van der Waals surface area contributed by atoms with Crippen LogP contribution < -0.4 is 0 Å². The van der Waals surface area contributed by atoms with E-state index < -0.39 is 12.1 Å². The molecule has 0 bridgehead atoms. The Morgan fingerprint density at radius 2 is 2.33 bits per heavy atom. The van der Waals surface area contributed by atoms with Crippen molar-refractivity contribution in [2.45, 2.75) is 18.9 Å². The molecule has 2 N–H and O–H groups in total. The third-order valence-electron chi connectivity index (χ3n) is 1.87. The molecule has 0 aromatic heterocycles. The number of halogens is 1. The van der Waals surface area contributed by atoms with Crippen molar-refractivity contribution in [3.8, 4) is 0 Å². The van der Waals surface area contributed by atoms with E-state index in [-0.39, 0.29) is 5.17 Å². The van der Waals surface area contributed by atoms with Gasteiger partial charge in [-0.15, -0.1) is 0 Å². The second-order valence-corrected chi connectivity index (χ2v) is 2.94. The molecule has 5 nitrogen and oxygen atoms in total. The van der Waals surface area contributed by atoms with E-state index in [4.69, 9.17) is 21.9 Å². The maximum Gasteiger partial charge on any atom is 0.407 e. The van der Waals surface area contributed by atoms with Crippen molar-refractivity contribution in [1.82, 2.24) is 4.90 Å². The molecule has 0 spiro atoms. The van der Waals surface area contributed by atoms with Crippen LogP contribution in [0.5, 0.6) is 0 Å². The van der Waals surface area contributed by atoms with Crippen LogP contribution >= 0.6 is 11.6 Å². The molecule has 1 saturated heterocycles. The van der Waals surface area contributed by atoms with Crippen molar-refractivity contribution < 1.29 is 15.1 Å². The van der Waals surface area contributed by atoms with Gasteiger partial charge in [0.1, 0.15) is 0 Å². The van der Waals surface area contributed by atoms with Crippen molar-refractivity contribution in [2.24, 2.45) is 5.16 Å². The largest absolute Gasteiger partial charge is 0.465 e. The highest BCUT2D eigenvalue weighted by Crippen LogP contribution is 2.19. The topological polar surface area (TPSA) is 73.1 Å². The minimum absolute atomic E-state index is 0.0603. The highest BCUT2D eigenvalue weighted by Gasteiger charge is 2.31. The molecule has 6 heteroatoms. The Hall–Kier alpha value is -0.970. The molecule has 1 fully saturated rings. The number of oxime groups is 1. The Bertz CT molecular complexity index is 219. The number of nitrogens with zero attached hydrogens (tertiary/aromatic N) is 2. The Kier molecular flexibility index (Phi) is 2.75. The van der Waals surface area contributed by atoms with Gasteiger partial charge in [-0.25, -0.2) is 4.79 Å². The molecule has 0 aromatic rings. The number of rotatable bonds is 1. The molecule has 12 heavy (non-hydrogen) atoms. The van der Waals surface area contributed by atoms with Gasteiger partial charge in [-0.05, 0) is 12.8 Å². The van der Waals surface area contributed by atoms with Gasteiger partial charge in [0.05, 0.1) is 6.04 Å². The van der Waals surface area contributed by atoms with Crippen molar-refractivity contribution in [1.29, 1.82) is 0 Å². The average molecular weight is 193 g/mol. The first-order chi connectivity index (χ1) is 5.66. The minimum Gasteiger partial charge on any atom is -0.465 e. The Labute approximate surface area is 74.2 Å². The first kappa shape index (κ1) is 9.12. The zero-order valence-electron chi connectivity index (χ0n) is 6.27. The number of hydrogen-bond donors (Lipinski definition) is 2. The third kappa shape index (κ3) is 1.61. The van der Waals surface area contributed by atoms with Crippen molar-refractivity contribution >= 4 is 22.9 Å². The van der Waals surface area contributed by atoms with Crippen LogP contribution in [0.4, 0.5) is 4.79 Å². The molecule has 1 rings (SSSR count). The number of carbonyl (C=O) groups is 1. The van der Waals surface area contributed by atoms with E-state index in [9.17, 15) is 4.79 Å². The summed E-state index contributed by atoms with van der Waals surface area (Å²) < 4.78 is 0. The third-order valence-corrected chi connectivity index (χ3v) is 2.20. The molecule has 1 unspecified atom stereocenters. The smallest absolute Gasteiger partial charge is 0.407 e. The summed E-state index contributed by atoms with van der Waals surface area (Å²) in [5.74, 6) is 0. The molecule has 1 amide bonds. The predicted octanol–water partition coefficient (Wildman–Crippen LogP) is 1.16. The zero-order valence-corrected chi connectivity index (χ0v) is 7.03. The monoisotopic (exact) mass is 192 g/mol. The van der Waals surface area contributed by atoms with Gasteiger partial charge < -0.3 is 10.3 Å². The quantitative estimate of drug-likeness (QED) is 0.372. The van der Waals surface area contributed by atoms with Gasteiger partial charge in [0.25, 0.3) is 0 Å². The van der Waals surface area contributed by atoms with E-state index in [0.717, 1.165) is 6.42 Å². The number of likely N-dealkylation sites (tertiary alicyclic amines) is 1. The van der Waals surface area contributed by atoms with Gasteiger partial charge in [-0.2, -0.15) is 0 Å². The zero-order chi connectivity index (χ0) is 9.14. The van der Waals surface area contributed by atoms with Crippen LogP contribution in [0.1, 0.15) is 12.8 Å². The molecular weight excluding hydrogens is 184 g/mol. The van der Waals surface area contributed by atoms with Crippen LogP contribution in [0, 0.1) is 0 Å². The molecule has 0 radical (unpaired) electrons. The fourth-order valence-electron chi connectivity index (χ4n) is 1.31. The van der Waals surface area contributed by atoms with E-state index in [2.05, 4.69) is 5.16 Å². The standard InChI is InChI=1S/C6H9ClN2O3/c7-5(8-12)4-2-1-3-9(4)6(10)11/h4,12H,1-3H2,(H,10,11). The molecule has 0 aromatic carbocycles. The summed E-state index contributed by atoms with van der Waals surface area (Å²) in [6.07, 6.45) is 0.344. The van der Waals surface area contributed by atoms with Crippen molar-refractivity contribution in [2.75, 3.05) is 6.54 Å². The molecule has 0 saturated carbocycles. The summed E-state index contributed by atoms with van der Waals surface area (Å²) in [7, 11) is 0. The molecule has 1 aliphatic heterocycles. The van der Waals surface area contributed by atoms with Gasteiger partial charge in [-0.3, -0.25) is 4.90 Å². The SMILES string of the molecule is O=C(O)N1CCCC1C(Cl)=NO. The highest BCUT2D eigenvalue weighted by atomic mass is 35.5. The maximum absolute atomic E-state index is 10.6. The van der Waals surface area contributed by atoms with Gasteiger partial charge in [0.15, 0.2) is 5.17 Å². The highest BCUT2D eigenvalue weighted by molar-refractivity contribution is 6.66. The van der Waals surface area contributed by atoms with E-state index in [0.29, 0.717) is 13.0 Å². The number of hydrogen-bond acceptors (Lipinski definition) is 3. The summed E-state index contributed by atoms with van der Waals surface area (Å²) in [6, 6.07) is -0.464. The lowest BCUT2D eigenvalue weighted by molar-refractivity contribution is 0.149. The second-order valence-electron chi connectivity index (χ2n) is 2.56. The Morgan fingerprint density at radius 3 is 2.83 bits per heavy atom. The normalized spacial score (nSPS) is 24.6. The van der Waals surface area contributed by atoms with E-state index in [1.807, 2.05) is 0 Å². The van der Waals surface area contributed by atoms with Crippen molar-refractivity contribution in [3.63, 3.8) is 0 Å². The lowest BCUT2D eigenvalue weighted by atomic mass is 10.2. The van der Waals surface area contributed by atoms with Crippen LogP contribution in [0.15, 0.2) is 5.16 Å². The summed E-state index contributed by atoms with van der Waals surface area (Å²) in [5, 5.41) is 19.7. The molecule has 1 atom stereocenters. The van der Waals surface area contributed by atoms with E-state index >= 15 is 0 Å². The van der Waals surface area contributed by atoms with Crippen LogP contribution in [0.3, 0.4) is 0 Å². The van der Waals surface area contributed by atoms with E-state index in [1.54, 1.807) is 0 Å². The second kappa shape index (κ2) is 3.62. The summed E-state index contributed by atoms with van der Waals surface area (Å²) in [5.41, 5.74) is 0.